The Morgan fingerprint density at radius 2 is 1.94 bits per heavy atom. The first kappa shape index (κ1) is 12.6. The van der Waals surface area contributed by atoms with Crippen LogP contribution in [-0.2, 0) is 12.8 Å². The van der Waals surface area contributed by atoms with Gasteiger partial charge >= 0.3 is 0 Å². The molecule has 0 N–H and O–H groups in total. The van der Waals surface area contributed by atoms with Gasteiger partial charge in [-0.15, -0.1) is 0 Å². The van der Waals surface area contributed by atoms with Crippen LogP contribution in [0.2, 0.25) is 0 Å². The number of aromatic nitrogens is 1. The minimum Gasteiger partial charge on any atom is -0.258 e. The standard InChI is InChI=1S/C13H13N2O2S/c1-14-9-3-2-4-13(14)18-10-11-5-7-12(8-6-11)15(16)17/h2-9H,10H2,1H3/q+1. The van der Waals surface area contributed by atoms with E-state index in [1.165, 1.54) is 0 Å². The molecule has 0 amide bonds. The van der Waals surface area contributed by atoms with Crippen LogP contribution in [0, 0.1) is 10.1 Å². The van der Waals surface area contributed by atoms with E-state index < -0.39 is 0 Å². The third kappa shape index (κ3) is 3.07. The lowest BCUT2D eigenvalue weighted by Crippen LogP contribution is -2.29. The lowest BCUT2D eigenvalue weighted by molar-refractivity contribution is -0.708. The molecule has 92 valence electrons. The molecular formula is C13H13N2O2S+. The molecule has 2 aromatic rings. The zero-order valence-electron chi connectivity index (χ0n) is 9.95. The van der Waals surface area contributed by atoms with Crippen LogP contribution in [0.4, 0.5) is 5.69 Å². The Bertz CT molecular complexity index is 555. The number of pyridine rings is 1. The molecular weight excluding hydrogens is 248 g/mol. The Morgan fingerprint density at radius 1 is 1.22 bits per heavy atom. The highest BCUT2D eigenvalue weighted by molar-refractivity contribution is 7.98. The zero-order chi connectivity index (χ0) is 13.0. The van der Waals surface area contributed by atoms with Gasteiger partial charge in [-0.2, -0.15) is 4.57 Å². The molecule has 18 heavy (non-hydrogen) atoms. The quantitative estimate of drug-likeness (QED) is 0.368. The van der Waals surface area contributed by atoms with Gasteiger partial charge in [-0.05, 0) is 11.6 Å². The molecule has 1 heterocycles. The average molecular weight is 261 g/mol. The number of benzene rings is 1. The average Bonchev–Trinajstić information content (AvgIpc) is 2.38. The van der Waals surface area contributed by atoms with Crippen molar-refractivity contribution in [2.75, 3.05) is 0 Å². The van der Waals surface area contributed by atoms with E-state index in [1.54, 1.807) is 36.0 Å². The molecule has 0 bridgehead atoms. The van der Waals surface area contributed by atoms with E-state index in [2.05, 4.69) is 10.6 Å². The van der Waals surface area contributed by atoms with Crippen LogP contribution in [0.3, 0.4) is 0 Å². The van der Waals surface area contributed by atoms with Crippen LogP contribution < -0.4 is 4.57 Å². The maximum Gasteiger partial charge on any atom is 0.269 e. The van der Waals surface area contributed by atoms with Crippen molar-refractivity contribution in [2.45, 2.75) is 10.8 Å². The molecule has 0 fully saturated rings. The van der Waals surface area contributed by atoms with E-state index in [1.807, 2.05) is 25.4 Å². The molecule has 0 spiro atoms. The van der Waals surface area contributed by atoms with Crippen LogP contribution in [0.5, 0.6) is 0 Å². The first-order valence-corrected chi connectivity index (χ1v) is 6.46. The number of nitrogens with zero attached hydrogens (tertiary/aromatic N) is 2. The molecule has 4 nitrogen and oxygen atoms in total. The number of rotatable bonds is 4. The molecule has 2 rings (SSSR count). The Labute approximate surface area is 109 Å². The van der Waals surface area contributed by atoms with Gasteiger partial charge in [-0.1, -0.05) is 23.9 Å². The summed E-state index contributed by atoms with van der Waals surface area (Å²) in [7, 11) is 2.00. The molecule has 0 radical (unpaired) electrons. The van der Waals surface area contributed by atoms with Crippen molar-refractivity contribution in [1.82, 2.24) is 0 Å². The fraction of sp³-hybridized carbons (Fsp3) is 0.154. The number of hydrogen-bond acceptors (Lipinski definition) is 3. The topological polar surface area (TPSA) is 47.0 Å². The van der Waals surface area contributed by atoms with Gasteiger partial charge in [0.25, 0.3) is 5.69 Å². The molecule has 5 heteroatoms. The number of non-ortho nitro benzene ring substituents is 1. The van der Waals surface area contributed by atoms with Gasteiger partial charge in [0.2, 0.25) is 5.03 Å². The highest BCUT2D eigenvalue weighted by Crippen LogP contribution is 2.20. The van der Waals surface area contributed by atoms with E-state index >= 15 is 0 Å². The van der Waals surface area contributed by atoms with Crippen LogP contribution >= 0.6 is 11.8 Å². The summed E-state index contributed by atoms with van der Waals surface area (Å²) in [5, 5.41) is 11.7. The third-order valence-electron chi connectivity index (χ3n) is 2.54. The molecule has 0 saturated heterocycles. The molecule has 0 atom stereocenters. The van der Waals surface area contributed by atoms with E-state index in [0.717, 1.165) is 16.3 Å². The molecule has 0 aliphatic rings. The number of nitro benzene ring substituents is 1. The van der Waals surface area contributed by atoms with Crippen LogP contribution in [-0.4, -0.2) is 4.92 Å². The zero-order valence-corrected chi connectivity index (χ0v) is 10.8. The summed E-state index contributed by atoms with van der Waals surface area (Å²) in [6.07, 6.45) is 2.00. The van der Waals surface area contributed by atoms with Gasteiger partial charge < -0.3 is 0 Å². The Hall–Kier alpha value is -1.88. The fourth-order valence-electron chi connectivity index (χ4n) is 1.53. The van der Waals surface area contributed by atoms with Crippen molar-refractivity contribution in [2.24, 2.45) is 7.05 Å². The summed E-state index contributed by atoms with van der Waals surface area (Å²) in [6.45, 7) is 0. The van der Waals surface area contributed by atoms with Crippen LogP contribution in [0.1, 0.15) is 5.56 Å². The second kappa shape index (κ2) is 5.64. The van der Waals surface area contributed by atoms with Crippen LogP contribution in [0.25, 0.3) is 0 Å². The summed E-state index contributed by atoms with van der Waals surface area (Å²) in [5.74, 6) is 0.801. The number of aryl methyl sites for hydroxylation is 1. The van der Waals surface area contributed by atoms with Crippen molar-refractivity contribution < 1.29 is 9.49 Å². The summed E-state index contributed by atoms with van der Waals surface area (Å²) in [6, 6.07) is 12.7. The van der Waals surface area contributed by atoms with E-state index in [4.69, 9.17) is 0 Å². The molecule has 0 aliphatic heterocycles. The van der Waals surface area contributed by atoms with Crippen LogP contribution in [0.15, 0.2) is 53.7 Å². The van der Waals surface area contributed by atoms with Gasteiger partial charge in [0, 0.05) is 30.0 Å². The highest BCUT2D eigenvalue weighted by atomic mass is 32.2. The lowest BCUT2D eigenvalue weighted by Gasteiger charge is -2.00. The smallest absolute Gasteiger partial charge is 0.258 e. The Balaban J connectivity index is 2.02. The molecule has 0 unspecified atom stereocenters. The maximum absolute atomic E-state index is 10.5. The minimum atomic E-state index is -0.381. The fourth-order valence-corrected chi connectivity index (χ4v) is 2.48. The van der Waals surface area contributed by atoms with Gasteiger partial charge in [0.15, 0.2) is 6.20 Å². The summed E-state index contributed by atoms with van der Waals surface area (Å²) in [4.78, 5) is 10.2. The second-order valence-corrected chi connectivity index (χ2v) is 4.86. The van der Waals surface area contributed by atoms with Gasteiger partial charge in [-0.25, -0.2) is 0 Å². The predicted molar refractivity (Wildman–Crippen MR) is 70.3 cm³/mol. The number of nitro groups is 1. The predicted octanol–water partition coefficient (Wildman–Crippen LogP) is 2.71. The van der Waals surface area contributed by atoms with E-state index in [0.29, 0.717) is 0 Å². The highest BCUT2D eigenvalue weighted by Gasteiger charge is 2.07. The maximum atomic E-state index is 10.5. The second-order valence-electron chi connectivity index (χ2n) is 3.86. The number of thioether (sulfide) groups is 1. The van der Waals surface area contributed by atoms with E-state index in [9.17, 15) is 10.1 Å². The lowest BCUT2D eigenvalue weighted by atomic mass is 10.2. The Morgan fingerprint density at radius 3 is 2.56 bits per heavy atom. The largest absolute Gasteiger partial charge is 0.269 e. The van der Waals surface area contributed by atoms with Gasteiger partial charge in [0.1, 0.15) is 7.05 Å². The van der Waals surface area contributed by atoms with Crippen molar-refractivity contribution in [3.05, 3.63) is 64.3 Å². The normalized spacial score (nSPS) is 10.3. The van der Waals surface area contributed by atoms with Crippen molar-refractivity contribution in [1.29, 1.82) is 0 Å². The van der Waals surface area contributed by atoms with Crippen molar-refractivity contribution in [3.63, 3.8) is 0 Å². The first-order chi connectivity index (χ1) is 8.66. The summed E-state index contributed by atoms with van der Waals surface area (Å²) in [5.41, 5.74) is 1.21. The van der Waals surface area contributed by atoms with Crippen molar-refractivity contribution >= 4 is 17.4 Å². The minimum absolute atomic E-state index is 0.133. The third-order valence-corrected chi connectivity index (χ3v) is 3.74. The Kier molecular flexibility index (Phi) is 3.94. The molecule has 0 saturated carbocycles. The van der Waals surface area contributed by atoms with E-state index in [-0.39, 0.29) is 10.6 Å². The molecule has 0 aliphatic carbocycles. The van der Waals surface area contributed by atoms with Gasteiger partial charge in [-0.3, -0.25) is 10.1 Å². The van der Waals surface area contributed by atoms with Crippen molar-refractivity contribution in [3.8, 4) is 0 Å². The number of hydrogen-bond donors (Lipinski definition) is 0. The molecule has 1 aromatic carbocycles. The monoisotopic (exact) mass is 261 g/mol. The first-order valence-electron chi connectivity index (χ1n) is 5.47. The van der Waals surface area contributed by atoms with Gasteiger partial charge in [0.05, 0.1) is 4.92 Å². The summed E-state index contributed by atoms with van der Waals surface area (Å²) < 4.78 is 2.05. The summed E-state index contributed by atoms with van der Waals surface area (Å²) >= 11 is 1.71. The molecule has 1 aromatic heterocycles. The SMILES string of the molecule is C[n+]1ccccc1SCc1ccc([N+](=O)[O-])cc1.